The molecule has 4 rings (SSSR count). The Morgan fingerprint density at radius 3 is 2.74 bits per heavy atom. The predicted molar refractivity (Wildman–Crippen MR) is 90.0 cm³/mol. The lowest BCUT2D eigenvalue weighted by atomic mass is 9.90. The van der Waals surface area contributed by atoms with E-state index in [9.17, 15) is 4.79 Å². The molecule has 2 fully saturated rings. The topological polar surface area (TPSA) is 49.0 Å². The fourth-order valence-electron chi connectivity index (χ4n) is 3.57. The van der Waals surface area contributed by atoms with E-state index in [4.69, 9.17) is 0 Å². The molecule has 4 heteroatoms. The Kier molecular flexibility index (Phi) is 3.68. The Bertz CT molecular complexity index is 700. The molecule has 4 nitrogen and oxygen atoms in total. The average Bonchev–Trinajstić information content (AvgIpc) is 3.32. The van der Waals surface area contributed by atoms with Gasteiger partial charge in [0.1, 0.15) is 0 Å². The number of aromatic nitrogens is 2. The number of hydrogen-bond acceptors (Lipinski definition) is 2. The van der Waals surface area contributed by atoms with Crippen LogP contribution in [-0.2, 0) is 4.79 Å². The molecule has 2 aliphatic rings. The van der Waals surface area contributed by atoms with Gasteiger partial charge in [0.25, 0.3) is 0 Å². The number of benzene rings is 1. The SMILES string of the molecule is Cc1ccc(-c2cn[nH]c2C2CCCN(C(=O)C3CC3)C2)cc1. The van der Waals surface area contributed by atoms with Crippen molar-refractivity contribution in [3.05, 3.63) is 41.7 Å². The Balaban J connectivity index is 1.57. The van der Waals surface area contributed by atoms with Gasteiger partial charge in [-0.05, 0) is 38.2 Å². The molecular weight excluding hydrogens is 286 g/mol. The van der Waals surface area contributed by atoms with E-state index in [0.29, 0.717) is 17.7 Å². The number of H-pyrrole nitrogens is 1. The van der Waals surface area contributed by atoms with Crippen LogP contribution >= 0.6 is 0 Å². The lowest BCUT2D eigenvalue weighted by Crippen LogP contribution is -2.40. The van der Waals surface area contributed by atoms with Gasteiger partial charge in [-0.25, -0.2) is 0 Å². The van der Waals surface area contributed by atoms with Crippen LogP contribution in [0, 0.1) is 12.8 Å². The lowest BCUT2D eigenvalue weighted by molar-refractivity contribution is -0.133. The summed E-state index contributed by atoms with van der Waals surface area (Å²) in [4.78, 5) is 14.4. The van der Waals surface area contributed by atoms with Gasteiger partial charge in [0.05, 0.1) is 6.20 Å². The van der Waals surface area contributed by atoms with Crippen molar-refractivity contribution in [3.63, 3.8) is 0 Å². The van der Waals surface area contributed by atoms with Crippen molar-refractivity contribution in [2.75, 3.05) is 13.1 Å². The molecule has 2 heterocycles. The number of aromatic amines is 1. The molecular formula is C19H23N3O. The minimum Gasteiger partial charge on any atom is -0.342 e. The van der Waals surface area contributed by atoms with Crippen LogP contribution in [-0.4, -0.2) is 34.1 Å². The van der Waals surface area contributed by atoms with Crippen molar-refractivity contribution in [1.82, 2.24) is 15.1 Å². The first-order valence-corrected chi connectivity index (χ1v) is 8.61. The smallest absolute Gasteiger partial charge is 0.225 e. The Labute approximate surface area is 136 Å². The molecule has 1 aromatic heterocycles. The maximum atomic E-state index is 12.4. The molecule has 1 atom stereocenters. The standard InChI is InChI=1S/C19H23N3O/c1-13-4-6-14(7-5-13)17-11-20-21-18(17)16-3-2-10-22(12-16)19(23)15-8-9-15/h4-7,11,15-16H,2-3,8-10,12H2,1H3,(H,20,21). The first-order chi connectivity index (χ1) is 11.2. The molecule has 1 aliphatic carbocycles. The molecule has 1 amide bonds. The number of carbonyl (C=O) groups excluding carboxylic acids is 1. The largest absolute Gasteiger partial charge is 0.342 e. The van der Waals surface area contributed by atoms with Crippen LogP contribution in [0.5, 0.6) is 0 Å². The normalized spacial score (nSPS) is 21.4. The summed E-state index contributed by atoms with van der Waals surface area (Å²) in [5.74, 6) is 1.04. The molecule has 0 radical (unpaired) electrons. The molecule has 1 unspecified atom stereocenters. The van der Waals surface area contributed by atoms with Crippen LogP contribution in [0.2, 0.25) is 0 Å². The molecule has 0 spiro atoms. The van der Waals surface area contributed by atoms with Gasteiger partial charge < -0.3 is 4.90 Å². The van der Waals surface area contributed by atoms with E-state index >= 15 is 0 Å². The van der Waals surface area contributed by atoms with Crippen LogP contribution in [0.4, 0.5) is 0 Å². The summed E-state index contributed by atoms with van der Waals surface area (Å²) in [5, 5.41) is 7.49. The number of aryl methyl sites for hydroxylation is 1. The minimum absolute atomic E-state index is 0.312. The zero-order valence-corrected chi connectivity index (χ0v) is 13.6. The van der Waals surface area contributed by atoms with E-state index in [1.54, 1.807) is 0 Å². The monoisotopic (exact) mass is 309 g/mol. The average molecular weight is 309 g/mol. The fourth-order valence-corrected chi connectivity index (χ4v) is 3.57. The van der Waals surface area contributed by atoms with Crippen LogP contribution in [0.1, 0.15) is 42.9 Å². The second-order valence-corrected chi connectivity index (χ2v) is 6.96. The van der Waals surface area contributed by atoms with Crippen molar-refractivity contribution in [1.29, 1.82) is 0 Å². The fraction of sp³-hybridized carbons (Fsp3) is 0.474. The summed E-state index contributed by atoms with van der Waals surface area (Å²) in [7, 11) is 0. The van der Waals surface area contributed by atoms with Crippen molar-refractivity contribution in [2.24, 2.45) is 5.92 Å². The molecule has 120 valence electrons. The molecule has 1 saturated carbocycles. The maximum Gasteiger partial charge on any atom is 0.225 e. The second kappa shape index (κ2) is 5.84. The number of rotatable bonds is 3. The second-order valence-electron chi connectivity index (χ2n) is 6.96. The number of nitrogens with zero attached hydrogens (tertiary/aromatic N) is 2. The van der Waals surface area contributed by atoms with Crippen molar-refractivity contribution >= 4 is 5.91 Å². The van der Waals surface area contributed by atoms with Crippen molar-refractivity contribution < 1.29 is 4.79 Å². The summed E-state index contributed by atoms with van der Waals surface area (Å²) in [6, 6.07) is 8.57. The van der Waals surface area contributed by atoms with E-state index in [1.165, 1.54) is 22.4 Å². The third kappa shape index (κ3) is 2.90. The van der Waals surface area contributed by atoms with Gasteiger partial charge >= 0.3 is 0 Å². The third-order valence-electron chi connectivity index (χ3n) is 5.10. The molecule has 1 aliphatic heterocycles. The van der Waals surface area contributed by atoms with Gasteiger partial charge in [-0.1, -0.05) is 29.8 Å². The number of likely N-dealkylation sites (tertiary alicyclic amines) is 1. The number of amides is 1. The number of hydrogen-bond donors (Lipinski definition) is 1. The molecule has 0 bridgehead atoms. The molecule has 1 N–H and O–H groups in total. The Morgan fingerprint density at radius 2 is 2.00 bits per heavy atom. The van der Waals surface area contributed by atoms with Crippen LogP contribution in [0.25, 0.3) is 11.1 Å². The van der Waals surface area contributed by atoms with Crippen LogP contribution in [0.15, 0.2) is 30.5 Å². The van der Waals surface area contributed by atoms with Crippen LogP contribution in [0.3, 0.4) is 0 Å². The minimum atomic E-state index is 0.312. The van der Waals surface area contributed by atoms with E-state index in [2.05, 4.69) is 46.3 Å². The number of piperidine rings is 1. The van der Waals surface area contributed by atoms with Gasteiger partial charge in [0.15, 0.2) is 0 Å². The highest BCUT2D eigenvalue weighted by molar-refractivity contribution is 5.81. The van der Waals surface area contributed by atoms with Gasteiger partial charge in [0, 0.05) is 36.2 Å². The highest BCUT2D eigenvalue weighted by Gasteiger charge is 2.36. The van der Waals surface area contributed by atoms with Crippen molar-refractivity contribution in [3.8, 4) is 11.1 Å². The van der Waals surface area contributed by atoms with E-state index < -0.39 is 0 Å². The van der Waals surface area contributed by atoms with Gasteiger partial charge in [-0.3, -0.25) is 9.89 Å². The van der Waals surface area contributed by atoms with E-state index in [0.717, 1.165) is 38.8 Å². The highest BCUT2D eigenvalue weighted by Crippen LogP contribution is 2.36. The highest BCUT2D eigenvalue weighted by atomic mass is 16.2. The predicted octanol–water partition coefficient (Wildman–Crippen LogP) is 3.50. The maximum absolute atomic E-state index is 12.4. The molecule has 1 saturated heterocycles. The van der Waals surface area contributed by atoms with Gasteiger partial charge in [-0.15, -0.1) is 0 Å². The molecule has 23 heavy (non-hydrogen) atoms. The van der Waals surface area contributed by atoms with E-state index in [1.807, 2.05) is 6.20 Å². The molecule has 2 aromatic rings. The summed E-state index contributed by atoms with van der Waals surface area (Å²) < 4.78 is 0. The first-order valence-electron chi connectivity index (χ1n) is 8.61. The van der Waals surface area contributed by atoms with Crippen molar-refractivity contribution in [2.45, 2.75) is 38.5 Å². The Morgan fingerprint density at radius 1 is 1.22 bits per heavy atom. The summed E-state index contributed by atoms with van der Waals surface area (Å²) in [5.41, 5.74) is 4.82. The third-order valence-corrected chi connectivity index (χ3v) is 5.10. The van der Waals surface area contributed by atoms with Gasteiger partial charge in [0.2, 0.25) is 5.91 Å². The quantitative estimate of drug-likeness (QED) is 0.943. The van der Waals surface area contributed by atoms with E-state index in [-0.39, 0.29) is 0 Å². The summed E-state index contributed by atoms with van der Waals surface area (Å²) >= 11 is 0. The zero-order valence-electron chi connectivity index (χ0n) is 13.6. The van der Waals surface area contributed by atoms with Crippen LogP contribution < -0.4 is 0 Å². The van der Waals surface area contributed by atoms with Gasteiger partial charge in [-0.2, -0.15) is 5.10 Å². The summed E-state index contributed by atoms with van der Waals surface area (Å²) in [6.45, 7) is 3.85. The number of nitrogens with one attached hydrogen (secondary N) is 1. The first kappa shape index (κ1) is 14.5. The lowest BCUT2D eigenvalue weighted by Gasteiger charge is -2.33. The number of carbonyl (C=O) groups is 1. The molecule has 1 aromatic carbocycles. The summed E-state index contributed by atoms with van der Waals surface area (Å²) in [6.07, 6.45) is 6.28. The zero-order chi connectivity index (χ0) is 15.8. The Hall–Kier alpha value is -2.10.